The summed E-state index contributed by atoms with van der Waals surface area (Å²) in [6.07, 6.45) is 1.48. The molecule has 1 aromatic rings. The number of pyridine rings is 1. The second-order valence-corrected chi connectivity index (χ2v) is 5.40. The third-order valence-corrected chi connectivity index (χ3v) is 3.54. The van der Waals surface area contributed by atoms with Gasteiger partial charge >= 0.3 is 5.97 Å². The Balaban J connectivity index is 2.75. The zero-order chi connectivity index (χ0) is 14.3. The van der Waals surface area contributed by atoms with Gasteiger partial charge in [-0.2, -0.15) is 11.8 Å². The first kappa shape index (κ1) is 15.6. The van der Waals surface area contributed by atoms with E-state index >= 15 is 0 Å². The summed E-state index contributed by atoms with van der Waals surface area (Å²) < 4.78 is 4.96. The number of nitrogen functional groups attached to an aromatic ring is 1. The molecule has 5 nitrogen and oxygen atoms in total. The highest BCUT2D eigenvalue weighted by atomic mass is 32.2. The van der Waals surface area contributed by atoms with E-state index in [0.717, 1.165) is 11.5 Å². The van der Waals surface area contributed by atoms with Crippen LogP contribution in [0.1, 0.15) is 31.1 Å². The monoisotopic (exact) mass is 283 g/mol. The van der Waals surface area contributed by atoms with Crippen molar-refractivity contribution in [3.63, 3.8) is 0 Å². The van der Waals surface area contributed by atoms with Crippen LogP contribution in [0.2, 0.25) is 0 Å². The van der Waals surface area contributed by atoms with Crippen LogP contribution in [0.3, 0.4) is 0 Å². The molecule has 1 aromatic heterocycles. The van der Waals surface area contributed by atoms with Crippen LogP contribution in [0.4, 0.5) is 11.5 Å². The minimum atomic E-state index is -0.416. The number of hydrogen-bond donors (Lipinski definition) is 2. The number of nitrogens with two attached hydrogens (primary N) is 1. The summed E-state index contributed by atoms with van der Waals surface area (Å²) in [5.74, 6) is 2.29. The van der Waals surface area contributed by atoms with Gasteiger partial charge in [0.05, 0.1) is 24.1 Å². The van der Waals surface area contributed by atoms with Crippen LogP contribution in [-0.4, -0.2) is 35.1 Å². The number of rotatable bonds is 7. The van der Waals surface area contributed by atoms with E-state index in [1.165, 1.54) is 6.20 Å². The second-order valence-electron chi connectivity index (χ2n) is 4.08. The predicted molar refractivity (Wildman–Crippen MR) is 80.7 cm³/mol. The van der Waals surface area contributed by atoms with Crippen molar-refractivity contribution in [3.8, 4) is 0 Å². The molecule has 1 heterocycles. The molecule has 106 valence electrons. The van der Waals surface area contributed by atoms with E-state index in [4.69, 9.17) is 10.5 Å². The molecule has 0 spiro atoms. The number of ether oxygens (including phenoxy) is 1. The van der Waals surface area contributed by atoms with Crippen molar-refractivity contribution < 1.29 is 9.53 Å². The molecule has 0 aliphatic carbocycles. The molecule has 0 saturated carbocycles. The van der Waals surface area contributed by atoms with Crippen molar-refractivity contribution in [3.05, 3.63) is 17.8 Å². The molecular weight excluding hydrogens is 262 g/mol. The highest BCUT2D eigenvalue weighted by molar-refractivity contribution is 7.99. The van der Waals surface area contributed by atoms with Gasteiger partial charge in [0.2, 0.25) is 0 Å². The van der Waals surface area contributed by atoms with Crippen LogP contribution in [-0.2, 0) is 4.74 Å². The van der Waals surface area contributed by atoms with E-state index in [-0.39, 0.29) is 6.04 Å². The van der Waals surface area contributed by atoms with Gasteiger partial charge in [-0.3, -0.25) is 0 Å². The molecule has 1 unspecified atom stereocenters. The lowest BCUT2D eigenvalue weighted by Gasteiger charge is -2.15. The lowest BCUT2D eigenvalue weighted by Crippen LogP contribution is -2.19. The zero-order valence-corrected chi connectivity index (χ0v) is 12.4. The summed E-state index contributed by atoms with van der Waals surface area (Å²) in [6.45, 7) is 6.29. The zero-order valence-electron chi connectivity index (χ0n) is 11.6. The van der Waals surface area contributed by atoms with E-state index in [1.54, 1.807) is 13.0 Å². The number of hydrogen-bond acceptors (Lipinski definition) is 6. The fraction of sp³-hybridized carbons (Fsp3) is 0.538. The number of thioether (sulfide) groups is 1. The van der Waals surface area contributed by atoms with E-state index in [0.29, 0.717) is 23.7 Å². The molecule has 0 aliphatic heterocycles. The van der Waals surface area contributed by atoms with E-state index in [1.807, 2.05) is 11.8 Å². The first-order chi connectivity index (χ1) is 9.08. The Morgan fingerprint density at radius 1 is 1.58 bits per heavy atom. The van der Waals surface area contributed by atoms with Crippen molar-refractivity contribution in [1.82, 2.24) is 4.98 Å². The number of nitrogens with one attached hydrogen (secondary N) is 1. The van der Waals surface area contributed by atoms with Crippen LogP contribution >= 0.6 is 11.8 Å². The first-order valence-corrected chi connectivity index (χ1v) is 7.50. The van der Waals surface area contributed by atoms with Gasteiger partial charge in [0.15, 0.2) is 0 Å². The average Bonchev–Trinajstić information content (AvgIpc) is 2.39. The van der Waals surface area contributed by atoms with Crippen LogP contribution in [0, 0.1) is 0 Å². The molecule has 0 radical (unpaired) electrons. The molecule has 0 bridgehead atoms. The van der Waals surface area contributed by atoms with Gasteiger partial charge in [-0.25, -0.2) is 9.78 Å². The van der Waals surface area contributed by atoms with Crippen LogP contribution in [0.25, 0.3) is 0 Å². The fourth-order valence-electron chi connectivity index (χ4n) is 1.52. The minimum Gasteiger partial charge on any atom is -0.462 e. The third kappa shape index (κ3) is 4.98. The standard InChI is InChI=1S/C13H21N3O2S/c1-4-18-13(17)10-6-12(15-7-11(10)14)16-9(3)8-19-5-2/h6-7,9H,4-5,8,14H2,1-3H3,(H,15,16). The maximum atomic E-state index is 11.7. The molecule has 1 rings (SSSR count). The van der Waals surface area contributed by atoms with Crippen LogP contribution in [0.5, 0.6) is 0 Å². The van der Waals surface area contributed by atoms with E-state index < -0.39 is 5.97 Å². The molecule has 0 saturated heterocycles. The van der Waals surface area contributed by atoms with Gasteiger partial charge in [0.1, 0.15) is 5.82 Å². The average molecular weight is 283 g/mol. The van der Waals surface area contributed by atoms with Crippen molar-refractivity contribution in [2.75, 3.05) is 29.2 Å². The molecular formula is C13H21N3O2S. The number of aromatic nitrogens is 1. The van der Waals surface area contributed by atoms with Gasteiger partial charge in [-0.1, -0.05) is 6.92 Å². The van der Waals surface area contributed by atoms with Crippen LogP contribution < -0.4 is 11.1 Å². The van der Waals surface area contributed by atoms with Gasteiger partial charge in [-0.05, 0) is 25.7 Å². The van der Waals surface area contributed by atoms with Gasteiger partial charge in [0, 0.05) is 11.8 Å². The Bertz CT molecular complexity index is 426. The fourth-order valence-corrected chi connectivity index (χ4v) is 2.19. The summed E-state index contributed by atoms with van der Waals surface area (Å²) in [5, 5.41) is 3.25. The Morgan fingerprint density at radius 2 is 2.32 bits per heavy atom. The number of carbonyl (C=O) groups is 1. The molecule has 0 aliphatic rings. The van der Waals surface area contributed by atoms with Crippen LogP contribution in [0.15, 0.2) is 12.3 Å². The van der Waals surface area contributed by atoms with Crippen molar-refractivity contribution in [2.45, 2.75) is 26.8 Å². The second kappa shape index (κ2) is 7.89. The normalized spacial score (nSPS) is 11.9. The summed E-state index contributed by atoms with van der Waals surface area (Å²) in [4.78, 5) is 15.9. The lowest BCUT2D eigenvalue weighted by atomic mass is 10.2. The van der Waals surface area contributed by atoms with Crippen molar-refractivity contribution in [1.29, 1.82) is 0 Å². The maximum absolute atomic E-state index is 11.7. The van der Waals surface area contributed by atoms with E-state index in [9.17, 15) is 4.79 Å². The largest absolute Gasteiger partial charge is 0.462 e. The molecule has 0 amide bonds. The highest BCUT2D eigenvalue weighted by Crippen LogP contribution is 2.17. The summed E-state index contributed by atoms with van der Waals surface area (Å²) in [5.41, 5.74) is 6.43. The quantitative estimate of drug-likeness (QED) is 0.748. The van der Waals surface area contributed by atoms with Gasteiger partial charge in [0.25, 0.3) is 0 Å². The number of nitrogens with zero attached hydrogens (tertiary/aromatic N) is 1. The summed E-state index contributed by atoms with van der Waals surface area (Å²) in [6, 6.07) is 1.91. The lowest BCUT2D eigenvalue weighted by molar-refractivity contribution is 0.0527. The van der Waals surface area contributed by atoms with E-state index in [2.05, 4.69) is 24.1 Å². The third-order valence-electron chi connectivity index (χ3n) is 2.40. The first-order valence-electron chi connectivity index (χ1n) is 6.35. The topological polar surface area (TPSA) is 77.2 Å². The summed E-state index contributed by atoms with van der Waals surface area (Å²) in [7, 11) is 0. The maximum Gasteiger partial charge on any atom is 0.340 e. The Labute approximate surface area is 118 Å². The van der Waals surface area contributed by atoms with Gasteiger partial charge in [-0.15, -0.1) is 0 Å². The summed E-state index contributed by atoms with van der Waals surface area (Å²) >= 11 is 1.85. The highest BCUT2D eigenvalue weighted by Gasteiger charge is 2.13. The van der Waals surface area contributed by atoms with Crippen molar-refractivity contribution in [2.24, 2.45) is 0 Å². The Hall–Kier alpha value is -1.43. The molecule has 19 heavy (non-hydrogen) atoms. The Morgan fingerprint density at radius 3 is 2.95 bits per heavy atom. The number of carbonyl (C=O) groups excluding carboxylic acids is 1. The smallest absolute Gasteiger partial charge is 0.340 e. The van der Waals surface area contributed by atoms with Gasteiger partial charge < -0.3 is 15.8 Å². The predicted octanol–water partition coefficient (Wildman–Crippen LogP) is 2.39. The molecule has 0 aromatic carbocycles. The SMILES string of the molecule is CCOC(=O)c1cc(NC(C)CSCC)ncc1N. The molecule has 1 atom stereocenters. The molecule has 0 fully saturated rings. The Kier molecular flexibility index (Phi) is 6.49. The van der Waals surface area contributed by atoms with Crippen molar-refractivity contribution >= 4 is 29.2 Å². The number of esters is 1. The number of anilines is 2. The minimum absolute atomic E-state index is 0.274. The molecule has 3 N–H and O–H groups in total. The molecule has 6 heteroatoms.